The summed E-state index contributed by atoms with van der Waals surface area (Å²) in [5, 5.41) is 6.68. The maximum absolute atomic E-state index is 5.87. The van der Waals surface area contributed by atoms with Crippen LogP contribution in [0.25, 0.3) is 0 Å². The molecule has 32 heavy (non-hydrogen) atoms. The van der Waals surface area contributed by atoms with E-state index in [1.54, 1.807) is 21.3 Å². The van der Waals surface area contributed by atoms with Gasteiger partial charge in [-0.15, -0.1) is 24.0 Å². The number of aliphatic imine (C=N–C) groups is 1. The third kappa shape index (κ3) is 9.12. The predicted octanol–water partition coefficient (Wildman–Crippen LogP) is 4.30. The van der Waals surface area contributed by atoms with Crippen molar-refractivity contribution in [1.82, 2.24) is 10.6 Å². The van der Waals surface area contributed by atoms with Gasteiger partial charge in [-0.05, 0) is 42.7 Å². The molecule has 0 amide bonds. The highest BCUT2D eigenvalue weighted by Gasteiger charge is 2.08. The maximum Gasteiger partial charge on any atom is 0.191 e. The van der Waals surface area contributed by atoms with E-state index in [2.05, 4.69) is 34.7 Å². The Kier molecular flexibility index (Phi) is 13.5. The first-order valence-electron chi connectivity index (χ1n) is 10.6. The molecule has 2 aromatic rings. The summed E-state index contributed by atoms with van der Waals surface area (Å²) in [5.41, 5.74) is 3.28. The average molecular weight is 557 g/mol. The molecule has 0 saturated heterocycles. The van der Waals surface area contributed by atoms with Crippen molar-refractivity contribution in [3.63, 3.8) is 0 Å². The number of hydrogen-bond donors (Lipinski definition) is 2. The Morgan fingerprint density at radius 2 is 1.62 bits per heavy atom. The fourth-order valence-electron chi connectivity index (χ4n) is 2.92. The molecule has 0 aliphatic heterocycles. The number of aryl methyl sites for hydroxylation is 1. The zero-order chi connectivity index (χ0) is 22.5. The van der Waals surface area contributed by atoms with Crippen LogP contribution < -0.4 is 24.8 Å². The zero-order valence-electron chi connectivity index (χ0n) is 19.7. The van der Waals surface area contributed by atoms with Crippen LogP contribution in [0, 0.1) is 6.92 Å². The highest BCUT2D eigenvalue weighted by Crippen LogP contribution is 2.28. The smallest absolute Gasteiger partial charge is 0.191 e. The van der Waals surface area contributed by atoms with Crippen LogP contribution in [-0.2, 0) is 17.8 Å². The molecular formula is C24H36IN3O4. The summed E-state index contributed by atoms with van der Waals surface area (Å²) in [4.78, 5) is 4.32. The predicted molar refractivity (Wildman–Crippen MR) is 140 cm³/mol. The molecule has 0 atom stereocenters. The van der Waals surface area contributed by atoms with Crippen molar-refractivity contribution >= 4 is 29.9 Å². The van der Waals surface area contributed by atoms with E-state index in [1.165, 1.54) is 0 Å². The van der Waals surface area contributed by atoms with Crippen molar-refractivity contribution in [3.05, 3.63) is 53.1 Å². The lowest BCUT2D eigenvalue weighted by molar-refractivity contribution is 0.145. The summed E-state index contributed by atoms with van der Waals surface area (Å²) in [5.74, 6) is 3.05. The van der Waals surface area contributed by atoms with E-state index in [1.807, 2.05) is 31.2 Å². The molecule has 0 aliphatic rings. The standard InChI is InChI=1S/C24H35N3O4.HI/c1-6-11-30-21-10-8-19(15-23(21)29-5)16-26-24(25-3)27-17-20-9-7-18(2)14-22(20)31-13-12-28-4;/h7-10,14-15H,6,11-13,16-17H2,1-5H3,(H2,25,26,27);1H. The number of benzene rings is 2. The molecule has 7 nitrogen and oxygen atoms in total. The lowest BCUT2D eigenvalue weighted by Gasteiger charge is -2.16. The number of methoxy groups -OCH3 is 2. The highest BCUT2D eigenvalue weighted by atomic mass is 127. The van der Waals surface area contributed by atoms with Crippen LogP contribution >= 0.6 is 24.0 Å². The molecule has 0 unspecified atom stereocenters. The third-order valence-corrected chi connectivity index (χ3v) is 4.59. The van der Waals surface area contributed by atoms with Gasteiger partial charge in [0.15, 0.2) is 17.5 Å². The van der Waals surface area contributed by atoms with Crippen LogP contribution in [0.1, 0.15) is 30.0 Å². The average Bonchev–Trinajstić information content (AvgIpc) is 2.79. The molecule has 2 rings (SSSR count). The van der Waals surface area contributed by atoms with Gasteiger partial charge in [-0.2, -0.15) is 0 Å². The number of nitrogens with zero attached hydrogens (tertiary/aromatic N) is 1. The second kappa shape index (κ2) is 15.6. The van der Waals surface area contributed by atoms with E-state index in [-0.39, 0.29) is 24.0 Å². The molecule has 0 heterocycles. The molecule has 0 bridgehead atoms. The van der Waals surface area contributed by atoms with Gasteiger partial charge in [0.05, 0.1) is 20.3 Å². The van der Waals surface area contributed by atoms with Gasteiger partial charge in [0.1, 0.15) is 12.4 Å². The second-order valence-electron chi connectivity index (χ2n) is 7.07. The van der Waals surface area contributed by atoms with Crippen molar-refractivity contribution in [2.45, 2.75) is 33.4 Å². The Balaban J connectivity index is 0.00000512. The van der Waals surface area contributed by atoms with E-state index in [9.17, 15) is 0 Å². The largest absolute Gasteiger partial charge is 0.493 e. The summed E-state index contributed by atoms with van der Waals surface area (Å²) in [6.07, 6.45) is 0.953. The fraction of sp³-hybridized carbons (Fsp3) is 0.458. The summed E-state index contributed by atoms with van der Waals surface area (Å²) < 4.78 is 22.1. The van der Waals surface area contributed by atoms with Crippen molar-refractivity contribution in [2.24, 2.45) is 4.99 Å². The molecule has 0 aliphatic carbocycles. The van der Waals surface area contributed by atoms with Gasteiger partial charge in [-0.1, -0.05) is 25.1 Å². The first-order chi connectivity index (χ1) is 15.1. The quantitative estimate of drug-likeness (QED) is 0.176. The number of guanidine groups is 1. The Morgan fingerprint density at radius 3 is 2.31 bits per heavy atom. The van der Waals surface area contributed by atoms with Gasteiger partial charge in [-0.25, -0.2) is 0 Å². The third-order valence-electron chi connectivity index (χ3n) is 4.59. The Morgan fingerprint density at radius 1 is 0.875 bits per heavy atom. The summed E-state index contributed by atoms with van der Waals surface area (Å²) >= 11 is 0. The van der Waals surface area contributed by atoms with Crippen LogP contribution in [-0.4, -0.2) is 47.0 Å². The Bertz CT molecular complexity index is 846. The SMILES string of the molecule is CCCOc1ccc(CNC(=NC)NCc2ccc(C)cc2OCCOC)cc1OC.I. The van der Waals surface area contributed by atoms with Crippen LogP contribution in [0.2, 0.25) is 0 Å². The van der Waals surface area contributed by atoms with E-state index >= 15 is 0 Å². The monoisotopic (exact) mass is 557 g/mol. The topological polar surface area (TPSA) is 73.3 Å². The minimum Gasteiger partial charge on any atom is -0.493 e. The molecule has 8 heteroatoms. The van der Waals surface area contributed by atoms with Gasteiger partial charge in [-0.3, -0.25) is 4.99 Å². The van der Waals surface area contributed by atoms with Gasteiger partial charge in [0.25, 0.3) is 0 Å². The minimum absolute atomic E-state index is 0. The maximum atomic E-state index is 5.87. The number of rotatable bonds is 12. The zero-order valence-corrected chi connectivity index (χ0v) is 22.0. The van der Waals surface area contributed by atoms with Gasteiger partial charge >= 0.3 is 0 Å². The molecule has 0 aromatic heterocycles. The lowest BCUT2D eigenvalue weighted by atomic mass is 10.1. The fourth-order valence-corrected chi connectivity index (χ4v) is 2.92. The van der Waals surface area contributed by atoms with Crippen molar-refractivity contribution < 1.29 is 18.9 Å². The molecule has 2 aromatic carbocycles. The molecule has 0 radical (unpaired) electrons. The Labute approximate surface area is 208 Å². The van der Waals surface area contributed by atoms with Crippen LogP contribution in [0.3, 0.4) is 0 Å². The molecule has 0 saturated carbocycles. The van der Waals surface area contributed by atoms with Crippen molar-refractivity contribution in [2.75, 3.05) is 41.1 Å². The van der Waals surface area contributed by atoms with Crippen molar-refractivity contribution in [3.8, 4) is 17.2 Å². The van der Waals surface area contributed by atoms with E-state index in [0.29, 0.717) is 38.9 Å². The van der Waals surface area contributed by atoms with Crippen molar-refractivity contribution in [1.29, 1.82) is 0 Å². The number of hydrogen-bond acceptors (Lipinski definition) is 5. The Hall–Kier alpha value is -2.20. The van der Waals surface area contributed by atoms with Gasteiger partial charge in [0.2, 0.25) is 0 Å². The van der Waals surface area contributed by atoms with Gasteiger partial charge < -0.3 is 29.6 Å². The first-order valence-corrected chi connectivity index (χ1v) is 10.6. The molecule has 2 N–H and O–H groups in total. The van der Waals surface area contributed by atoms with Crippen LogP contribution in [0.5, 0.6) is 17.2 Å². The van der Waals surface area contributed by atoms with E-state index in [0.717, 1.165) is 40.4 Å². The molecule has 0 fully saturated rings. The van der Waals surface area contributed by atoms with Crippen LogP contribution in [0.15, 0.2) is 41.4 Å². The van der Waals surface area contributed by atoms with E-state index in [4.69, 9.17) is 18.9 Å². The summed E-state index contributed by atoms with van der Waals surface area (Å²) in [6.45, 7) is 7.06. The number of ether oxygens (including phenoxy) is 4. The summed E-state index contributed by atoms with van der Waals surface area (Å²) in [7, 11) is 5.07. The minimum atomic E-state index is 0. The molecule has 0 spiro atoms. The van der Waals surface area contributed by atoms with Crippen LogP contribution in [0.4, 0.5) is 0 Å². The number of nitrogens with one attached hydrogen (secondary N) is 2. The molecule has 178 valence electrons. The highest BCUT2D eigenvalue weighted by molar-refractivity contribution is 14.0. The second-order valence-corrected chi connectivity index (χ2v) is 7.07. The lowest BCUT2D eigenvalue weighted by Crippen LogP contribution is -2.36. The first kappa shape index (κ1) is 27.8. The van der Waals surface area contributed by atoms with Gasteiger partial charge in [0, 0.05) is 32.8 Å². The van der Waals surface area contributed by atoms with E-state index < -0.39 is 0 Å². The molecular weight excluding hydrogens is 521 g/mol. The number of halogens is 1. The summed E-state index contributed by atoms with van der Waals surface area (Å²) in [6, 6.07) is 12.1. The normalized spacial score (nSPS) is 10.8.